The van der Waals surface area contributed by atoms with Crippen molar-refractivity contribution in [2.45, 2.75) is 25.6 Å². The van der Waals surface area contributed by atoms with Gasteiger partial charge in [-0.2, -0.15) is 0 Å². The molecule has 1 atom stereocenters. The first-order valence-electron chi connectivity index (χ1n) is 6.94. The number of nitrogens with one attached hydrogen (secondary N) is 1. The van der Waals surface area contributed by atoms with E-state index in [1.807, 2.05) is 18.7 Å². The minimum absolute atomic E-state index is 0.0429. The summed E-state index contributed by atoms with van der Waals surface area (Å²) in [5, 5.41) is 12.7. The van der Waals surface area contributed by atoms with E-state index in [4.69, 9.17) is 16.3 Å². The lowest BCUT2D eigenvalue weighted by Gasteiger charge is -2.41. The lowest BCUT2D eigenvalue weighted by molar-refractivity contribution is -0.151. The zero-order valence-corrected chi connectivity index (χ0v) is 13.1. The van der Waals surface area contributed by atoms with Crippen molar-refractivity contribution in [3.05, 3.63) is 29.3 Å². The van der Waals surface area contributed by atoms with Crippen LogP contribution in [0.2, 0.25) is 5.02 Å². The third-order valence-electron chi connectivity index (χ3n) is 3.25. The average molecular weight is 313 g/mol. The van der Waals surface area contributed by atoms with Crippen molar-refractivity contribution in [2.24, 2.45) is 0 Å². The molecular weight excluding hydrogens is 292 g/mol. The Morgan fingerprint density at radius 1 is 1.48 bits per heavy atom. The molecule has 1 aliphatic rings. The lowest BCUT2D eigenvalue weighted by atomic mass is 10.1. The highest BCUT2D eigenvalue weighted by atomic mass is 35.5. The molecule has 1 aliphatic heterocycles. The van der Waals surface area contributed by atoms with Gasteiger partial charge in [0.1, 0.15) is 0 Å². The Morgan fingerprint density at radius 2 is 2.14 bits per heavy atom. The number of hydrogen-bond donors (Lipinski definition) is 2. The number of hydrogen-bond acceptors (Lipinski definition) is 4. The standard InChI is InChI=1S/C15H21ClN2O3/c1-15(2)10-18(7-13(9-19)21-15)8-14(20)17-12-5-3-11(16)4-6-12/h3-6,13,19H,7-10H2,1-2H3,(H,17,20). The van der Waals surface area contributed by atoms with Gasteiger partial charge in [0.25, 0.3) is 0 Å². The summed E-state index contributed by atoms with van der Waals surface area (Å²) in [7, 11) is 0. The van der Waals surface area contributed by atoms with Crippen LogP contribution in [0.1, 0.15) is 13.8 Å². The molecule has 1 heterocycles. The number of amides is 1. The third-order valence-corrected chi connectivity index (χ3v) is 3.50. The molecule has 21 heavy (non-hydrogen) atoms. The molecule has 0 saturated carbocycles. The number of aliphatic hydroxyl groups excluding tert-OH is 1. The van der Waals surface area contributed by atoms with Crippen molar-refractivity contribution in [2.75, 3.05) is 31.6 Å². The molecule has 1 unspecified atom stereocenters. The summed E-state index contributed by atoms with van der Waals surface area (Å²) in [5.74, 6) is -0.0910. The van der Waals surface area contributed by atoms with E-state index in [2.05, 4.69) is 5.32 Å². The van der Waals surface area contributed by atoms with Crippen molar-refractivity contribution in [1.29, 1.82) is 0 Å². The van der Waals surface area contributed by atoms with Crippen LogP contribution in [0.5, 0.6) is 0 Å². The zero-order chi connectivity index (χ0) is 15.5. The van der Waals surface area contributed by atoms with Crippen LogP contribution in [-0.4, -0.2) is 53.9 Å². The maximum absolute atomic E-state index is 12.1. The van der Waals surface area contributed by atoms with Crippen LogP contribution in [0.3, 0.4) is 0 Å². The summed E-state index contributed by atoms with van der Waals surface area (Å²) < 4.78 is 5.73. The van der Waals surface area contributed by atoms with Crippen molar-refractivity contribution in [3.8, 4) is 0 Å². The van der Waals surface area contributed by atoms with Gasteiger partial charge in [-0.3, -0.25) is 9.69 Å². The number of carbonyl (C=O) groups excluding carboxylic acids is 1. The SMILES string of the molecule is CC1(C)CN(CC(=O)Nc2ccc(Cl)cc2)CC(CO)O1. The van der Waals surface area contributed by atoms with Crippen LogP contribution in [0.25, 0.3) is 0 Å². The van der Waals surface area contributed by atoms with E-state index in [1.54, 1.807) is 24.3 Å². The molecular formula is C15H21ClN2O3. The average Bonchev–Trinajstić information content (AvgIpc) is 2.39. The smallest absolute Gasteiger partial charge is 0.238 e. The van der Waals surface area contributed by atoms with Crippen LogP contribution in [0.15, 0.2) is 24.3 Å². The second kappa shape index (κ2) is 6.75. The Hall–Kier alpha value is -1.14. The van der Waals surface area contributed by atoms with E-state index in [9.17, 15) is 9.90 Å². The first kappa shape index (κ1) is 16.2. The summed E-state index contributed by atoms with van der Waals surface area (Å²) in [4.78, 5) is 14.1. The molecule has 5 nitrogen and oxygen atoms in total. The molecule has 1 amide bonds. The highest BCUT2D eigenvalue weighted by Gasteiger charge is 2.33. The number of nitrogens with zero attached hydrogens (tertiary/aromatic N) is 1. The highest BCUT2D eigenvalue weighted by Crippen LogP contribution is 2.21. The fourth-order valence-corrected chi connectivity index (χ4v) is 2.70. The second-order valence-corrected chi connectivity index (χ2v) is 6.34. The molecule has 116 valence electrons. The van der Waals surface area contributed by atoms with Gasteiger partial charge in [0.05, 0.1) is 24.9 Å². The van der Waals surface area contributed by atoms with Crippen molar-refractivity contribution in [3.63, 3.8) is 0 Å². The maximum atomic E-state index is 12.1. The molecule has 0 spiro atoms. The summed E-state index contributed by atoms with van der Waals surface area (Å²) >= 11 is 5.81. The van der Waals surface area contributed by atoms with Gasteiger partial charge in [-0.15, -0.1) is 0 Å². The van der Waals surface area contributed by atoms with Gasteiger partial charge in [-0.25, -0.2) is 0 Å². The Morgan fingerprint density at radius 3 is 2.76 bits per heavy atom. The second-order valence-electron chi connectivity index (χ2n) is 5.91. The molecule has 1 saturated heterocycles. The number of rotatable bonds is 4. The van der Waals surface area contributed by atoms with Crippen molar-refractivity contribution >= 4 is 23.2 Å². The third kappa shape index (κ3) is 4.97. The summed E-state index contributed by atoms with van der Waals surface area (Å²) in [6, 6.07) is 6.99. The number of anilines is 1. The fourth-order valence-electron chi connectivity index (χ4n) is 2.57. The largest absolute Gasteiger partial charge is 0.394 e. The van der Waals surface area contributed by atoms with Crippen LogP contribution in [0.4, 0.5) is 5.69 Å². The highest BCUT2D eigenvalue weighted by molar-refractivity contribution is 6.30. The minimum atomic E-state index is -0.369. The number of carbonyl (C=O) groups is 1. The molecule has 0 aliphatic carbocycles. The van der Waals surface area contributed by atoms with E-state index >= 15 is 0 Å². The van der Waals surface area contributed by atoms with Crippen LogP contribution in [-0.2, 0) is 9.53 Å². The van der Waals surface area contributed by atoms with Gasteiger partial charge in [-0.05, 0) is 38.1 Å². The van der Waals surface area contributed by atoms with Crippen LogP contribution < -0.4 is 5.32 Å². The van der Waals surface area contributed by atoms with E-state index in [-0.39, 0.29) is 30.8 Å². The lowest BCUT2D eigenvalue weighted by Crippen LogP contribution is -2.55. The molecule has 0 radical (unpaired) electrons. The Labute approximate surface area is 129 Å². The van der Waals surface area contributed by atoms with E-state index < -0.39 is 0 Å². The first-order chi connectivity index (χ1) is 9.88. The molecule has 0 bridgehead atoms. The van der Waals surface area contributed by atoms with E-state index in [0.29, 0.717) is 18.1 Å². The molecule has 0 aromatic heterocycles. The molecule has 1 fully saturated rings. The predicted octanol–water partition coefficient (Wildman–Crippen LogP) is 1.75. The molecule has 2 rings (SSSR count). The van der Waals surface area contributed by atoms with Gasteiger partial charge in [-0.1, -0.05) is 11.6 Å². The van der Waals surface area contributed by atoms with Gasteiger partial charge in [0.15, 0.2) is 0 Å². The molecule has 1 aromatic rings. The number of halogens is 1. The predicted molar refractivity (Wildman–Crippen MR) is 82.6 cm³/mol. The van der Waals surface area contributed by atoms with Crippen molar-refractivity contribution in [1.82, 2.24) is 4.90 Å². The fraction of sp³-hybridized carbons (Fsp3) is 0.533. The zero-order valence-electron chi connectivity index (χ0n) is 12.3. The number of ether oxygens (including phenoxy) is 1. The van der Waals surface area contributed by atoms with Gasteiger partial charge >= 0.3 is 0 Å². The normalized spacial score (nSPS) is 22.0. The first-order valence-corrected chi connectivity index (χ1v) is 7.32. The number of benzene rings is 1. The Balaban J connectivity index is 1.91. The van der Waals surface area contributed by atoms with Crippen LogP contribution >= 0.6 is 11.6 Å². The van der Waals surface area contributed by atoms with Crippen molar-refractivity contribution < 1.29 is 14.6 Å². The summed E-state index contributed by atoms with van der Waals surface area (Å²) in [6.07, 6.45) is -0.253. The summed E-state index contributed by atoms with van der Waals surface area (Å²) in [6.45, 7) is 5.34. The van der Waals surface area contributed by atoms with E-state index in [0.717, 1.165) is 5.69 Å². The minimum Gasteiger partial charge on any atom is -0.394 e. The summed E-state index contributed by atoms with van der Waals surface area (Å²) in [5.41, 5.74) is 0.349. The maximum Gasteiger partial charge on any atom is 0.238 e. The Kier molecular flexibility index (Phi) is 5.22. The number of morpholine rings is 1. The van der Waals surface area contributed by atoms with Gasteiger partial charge in [0.2, 0.25) is 5.91 Å². The molecule has 1 aromatic carbocycles. The Bertz CT molecular complexity index is 490. The number of aliphatic hydroxyl groups is 1. The quantitative estimate of drug-likeness (QED) is 0.889. The van der Waals surface area contributed by atoms with E-state index in [1.165, 1.54) is 0 Å². The molecule has 6 heteroatoms. The topological polar surface area (TPSA) is 61.8 Å². The van der Waals surface area contributed by atoms with Crippen LogP contribution in [0, 0.1) is 0 Å². The van der Waals surface area contributed by atoms with Gasteiger partial charge < -0.3 is 15.2 Å². The molecule has 2 N–H and O–H groups in total. The van der Waals surface area contributed by atoms with Gasteiger partial charge in [0, 0.05) is 23.8 Å². The monoisotopic (exact) mass is 312 g/mol.